The van der Waals surface area contributed by atoms with Gasteiger partial charge in [0.25, 0.3) is 0 Å². The maximum atomic E-state index is 12.1. The Morgan fingerprint density at radius 3 is 2.48 bits per heavy atom. The molecule has 1 fully saturated rings. The number of carbonyl (C=O) groups is 1. The molecule has 1 aromatic carbocycles. The lowest BCUT2D eigenvalue weighted by Gasteiger charge is -2.27. The number of aliphatic hydroxyl groups is 1. The predicted molar refractivity (Wildman–Crippen MR) is 80.8 cm³/mol. The summed E-state index contributed by atoms with van der Waals surface area (Å²) < 4.78 is 0. The van der Waals surface area contributed by atoms with Gasteiger partial charge in [0.1, 0.15) is 5.75 Å². The predicted octanol–water partition coefficient (Wildman–Crippen LogP) is 0.931. The Hall–Kier alpha value is -1.59. The van der Waals surface area contributed by atoms with Gasteiger partial charge in [-0.25, -0.2) is 0 Å². The van der Waals surface area contributed by atoms with Crippen LogP contribution in [0.1, 0.15) is 31.2 Å². The molecular weight excluding hydrogens is 268 g/mol. The molecule has 5 N–H and O–H groups in total. The van der Waals surface area contributed by atoms with Crippen molar-refractivity contribution in [1.29, 1.82) is 0 Å². The van der Waals surface area contributed by atoms with Gasteiger partial charge in [-0.1, -0.05) is 25.0 Å². The van der Waals surface area contributed by atoms with Crippen molar-refractivity contribution in [2.45, 2.75) is 38.1 Å². The highest BCUT2D eigenvalue weighted by atomic mass is 16.3. The van der Waals surface area contributed by atoms with Gasteiger partial charge in [-0.05, 0) is 37.0 Å². The molecule has 0 spiro atoms. The van der Waals surface area contributed by atoms with Crippen LogP contribution in [-0.2, 0) is 11.2 Å². The first-order valence-electron chi connectivity index (χ1n) is 7.47. The second-order valence-electron chi connectivity index (χ2n) is 6.06. The lowest BCUT2D eigenvalue weighted by molar-refractivity contribution is -0.123. The van der Waals surface area contributed by atoms with E-state index in [0.29, 0.717) is 13.0 Å². The second-order valence-corrected chi connectivity index (χ2v) is 6.06. The van der Waals surface area contributed by atoms with Crippen LogP contribution in [0.4, 0.5) is 0 Å². The molecule has 116 valence electrons. The number of aliphatic hydroxyl groups excluding tert-OH is 1. The molecule has 1 amide bonds. The van der Waals surface area contributed by atoms with Crippen molar-refractivity contribution in [1.82, 2.24) is 5.32 Å². The van der Waals surface area contributed by atoms with Gasteiger partial charge in [0, 0.05) is 12.0 Å². The van der Waals surface area contributed by atoms with E-state index in [2.05, 4.69) is 5.32 Å². The lowest BCUT2D eigenvalue weighted by Crippen LogP contribution is -2.46. The molecule has 5 heteroatoms. The number of hydrogen-bond acceptors (Lipinski definition) is 4. The molecule has 1 aromatic rings. The van der Waals surface area contributed by atoms with Crippen LogP contribution in [0.15, 0.2) is 24.3 Å². The first kappa shape index (κ1) is 15.8. The zero-order valence-electron chi connectivity index (χ0n) is 12.2. The summed E-state index contributed by atoms with van der Waals surface area (Å²) in [5.41, 5.74) is 6.67. The summed E-state index contributed by atoms with van der Waals surface area (Å²) >= 11 is 0. The third kappa shape index (κ3) is 4.19. The van der Waals surface area contributed by atoms with E-state index in [-0.39, 0.29) is 23.7 Å². The van der Waals surface area contributed by atoms with Gasteiger partial charge in [0.05, 0.1) is 12.6 Å². The Morgan fingerprint density at radius 2 is 1.90 bits per heavy atom. The number of nitrogens with one attached hydrogen (secondary N) is 1. The van der Waals surface area contributed by atoms with E-state index >= 15 is 0 Å². The maximum absolute atomic E-state index is 12.1. The van der Waals surface area contributed by atoms with Crippen LogP contribution in [0, 0.1) is 5.41 Å². The zero-order chi connectivity index (χ0) is 15.3. The second kappa shape index (κ2) is 6.91. The molecule has 0 bridgehead atoms. The van der Waals surface area contributed by atoms with Crippen molar-refractivity contribution in [3.8, 4) is 5.75 Å². The van der Waals surface area contributed by atoms with Crippen LogP contribution < -0.4 is 11.1 Å². The average Bonchev–Trinajstić information content (AvgIpc) is 2.96. The third-order valence-corrected chi connectivity index (χ3v) is 4.37. The monoisotopic (exact) mass is 292 g/mol. The standard InChI is InChI=1S/C16H24N2O3/c17-14(9-12-3-5-13(20)6-4-12)15(21)18-10-16(11-19)7-1-2-8-16/h3-6,14,19-20H,1-2,7-11,17H2,(H,18,21). The Morgan fingerprint density at radius 1 is 1.29 bits per heavy atom. The number of nitrogens with two attached hydrogens (primary N) is 1. The van der Waals surface area contributed by atoms with Crippen molar-refractivity contribution in [2.24, 2.45) is 11.1 Å². The summed E-state index contributed by atoms with van der Waals surface area (Å²) in [5, 5.41) is 21.6. The van der Waals surface area contributed by atoms with E-state index in [9.17, 15) is 15.0 Å². The minimum Gasteiger partial charge on any atom is -0.508 e. The van der Waals surface area contributed by atoms with E-state index < -0.39 is 6.04 Å². The van der Waals surface area contributed by atoms with E-state index in [1.165, 1.54) is 0 Å². The van der Waals surface area contributed by atoms with Gasteiger partial charge in [-0.2, -0.15) is 0 Å². The van der Waals surface area contributed by atoms with Crippen LogP contribution in [0.2, 0.25) is 0 Å². The number of phenolic OH excluding ortho intramolecular Hbond substituents is 1. The molecule has 21 heavy (non-hydrogen) atoms. The highest BCUT2D eigenvalue weighted by Gasteiger charge is 2.33. The summed E-state index contributed by atoms with van der Waals surface area (Å²) in [4.78, 5) is 12.1. The van der Waals surface area contributed by atoms with E-state index in [0.717, 1.165) is 31.2 Å². The number of hydrogen-bond donors (Lipinski definition) is 4. The lowest BCUT2D eigenvalue weighted by atomic mass is 9.87. The molecule has 1 saturated carbocycles. The molecule has 1 atom stereocenters. The van der Waals surface area contributed by atoms with Crippen molar-refractivity contribution < 1.29 is 15.0 Å². The van der Waals surface area contributed by atoms with E-state index in [4.69, 9.17) is 5.73 Å². The van der Waals surface area contributed by atoms with Gasteiger partial charge in [0.15, 0.2) is 0 Å². The molecule has 1 aliphatic rings. The smallest absolute Gasteiger partial charge is 0.237 e. The maximum Gasteiger partial charge on any atom is 0.237 e. The summed E-state index contributed by atoms with van der Waals surface area (Å²) in [7, 11) is 0. The Balaban J connectivity index is 1.83. The van der Waals surface area contributed by atoms with Gasteiger partial charge in [0.2, 0.25) is 5.91 Å². The summed E-state index contributed by atoms with van der Waals surface area (Å²) in [6, 6.07) is 6.06. The Bertz CT molecular complexity index is 467. The topological polar surface area (TPSA) is 95.6 Å². The molecule has 0 heterocycles. The van der Waals surface area contributed by atoms with Gasteiger partial charge >= 0.3 is 0 Å². The molecule has 2 rings (SSSR count). The van der Waals surface area contributed by atoms with Gasteiger partial charge in [-0.15, -0.1) is 0 Å². The summed E-state index contributed by atoms with van der Waals surface area (Å²) in [5.74, 6) is 0.00527. The van der Waals surface area contributed by atoms with E-state index in [1.54, 1.807) is 24.3 Å². The van der Waals surface area contributed by atoms with Crippen molar-refractivity contribution >= 4 is 5.91 Å². The van der Waals surface area contributed by atoms with Gasteiger partial charge in [-0.3, -0.25) is 4.79 Å². The normalized spacial score (nSPS) is 18.4. The number of aromatic hydroxyl groups is 1. The number of amides is 1. The minimum atomic E-state index is -0.619. The molecule has 0 radical (unpaired) electrons. The third-order valence-electron chi connectivity index (χ3n) is 4.37. The molecule has 1 unspecified atom stereocenters. The fraction of sp³-hybridized carbons (Fsp3) is 0.562. The molecule has 5 nitrogen and oxygen atoms in total. The molecule has 0 aromatic heterocycles. The van der Waals surface area contributed by atoms with Gasteiger partial charge < -0.3 is 21.3 Å². The van der Waals surface area contributed by atoms with Crippen LogP contribution in [0.3, 0.4) is 0 Å². The first-order valence-corrected chi connectivity index (χ1v) is 7.47. The zero-order valence-corrected chi connectivity index (χ0v) is 12.2. The number of rotatable bonds is 6. The largest absolute Gasteiger partial charge is 0.508 e. The highest BCUT2D eigenvalue weighted by molar-refractivity contribution is 5.81. The molecule has 0 saturated heterocycles. The SMILES string of the molecule is NC(Cc1ccc(O)cc1)C(=O)NCC1(CO)CCCC1. The fourth-order valence-electron chi connectivity index (χ4n) is 2.90. The van der Waals surface area contributed by atoms with Crippen molar-refractivity contribution in [3.05, 3.63) is 29.8 Å². The average molecular weight is 292 g/mol. The van der Waals surface area contributed by atoms with Crippen molar-refractivity contribution in [2.75, 3.05) is 13.2 Å². The Kier molecular flexibility index (Phi) is 5.20. The van der Waals surface area contributed by atoms with Crippen LogP contribution in [0.5, 0.6) is 5.75 Å². The first-order chi connectivity index (χ1) is 10.0. The minimum absolute atomic E-state index is 0.112. The van der Waals surface area contributed by atoms with Crippen LogP contribution >= 0.6 is 0 Å². The molecule has 1 aliphatic carbocycles. The van der Waals surface area contributed by atoms with Crippen LogP contribution in [0.25, 0.3) is 0 Å². The fourth-order valence-corrected chi connectivity index (χ4v) is 2.90. The highest BCUT2D eigenvalue weighted by Crippen LogP contribution is 2.36. The Labute approximate surface area is 125 Å². The molecule has 0 aliphatic heterocycles. The number of phenols is 1. The van der Waals surface area contributed by atoms with Crippen molar-refractivity contribution in [3.63, 3.8) is 0 Å². The van der Waals surface area contributed by atoms with E-state index in [1.807, 2.05) is 0 Å². The quantitative estimate of drug-likeness (QED) is 0.627. The summed E-state index contributed by atoms with van der Waals surface area (Å²) in [6.45, 7) is 0.603. The molecular formula is C16H24N2O3. The number of benzene rings is 1. The summed E-state index contributed by atoms with van der Waals surface area (Å²) in [6.07, 6.45) is 4.55. The van der Waals surface area contributed by atoms with Crippen LogP contribution in [-0.4, -0.2) is 35.3 Å². The number of carbonyl (C=O) groups excluding carboxylic acids is 1.